The second-order valence-electron chi connectivity index (χ2n) is 2.63. The predicted octanol–water partition coefficient (Wildman–Crippen LogP) is -0.131. The van der Waals surface area contributed by atoms with E-state index in [-0.39, 0.29) is 5.91 Å². The number of nitrogens with one attached hydrogen (secondary N) is 2. The van der Waals surface area contributed by atoms with Gasteiger partial charge in [0, 0.05) is 18.3 Å². The molecule has 0 aliphatic heterocycles. The van der Waals surface area contributed by atoms with Gasteiger partial charge >= 0.3 is 0 Å². The molecule has 1 atom stereocenters. The van der Waals surface area contributed by atoms with Crippen molar-refractivity contribution in [1.82, 2.24) is 10.9 Å². The standard InChI is InChI=1S/C8H13N3OS/c1-10-11-8(12)7(9)5-6-3-2-4-13-6/h2-4,7,10H,5,9H2,1H3,(H,11,12). The van der Waals surface area contributed by atoms with E-state index < -0.39 is 6.04 Å². The maximum atomic E-state index is 11.2. The largest absolute Gasteiger partial charge is 0.320 e. The fourth-order valence-electron chi connectivity index (χ4n) is 0.954. The van der Waals surface area contributed by atoms with E-state index in [1.165, 1.54) is 0 Å². The fraction of sp³-hybridized carbons (Fsp3) is 0.375. The summed E-state index contributed by atoms with van der Waals surface area (Å²) in [7, 11) is 1.63. The second kappa shape index (κ2) is 4.96. The molecule has 1 aromatic rings. The molecule has 0 spiro atoms. The summed E-state index contributed by atoms with van der Waals surface area (Å²) in [4.78, 5) is 12.3. The van der Waals surface area contributed by atoms with Crippen LogP contribution in [0.4, 0.5) is 0 Å². The highest BCUT2D eigenvalue weighted by molar-refractivity contribution is 7.09. The van der Waals surface area contributed by atoms with Crippen molar-refractivity contribution in [1.29, 1.82) is 0 Å². The lowest BCUT2D eigenvalue weighted by Crippen LogP contribution is -2.46. The van der Waals surface area contributed by atoms with Gasteiger partial charge in [0.05, 0.1) is 6.04 Å². The molecule has 0 bridgehead atoms. The van der Waals surface area contributed by atoms with Crippen LogP contribution in [-0.4, -0.2) is 19.0 Å². The molecular weight excluding hydrogens is 186 g/mol. The van der Waals surface area contributed by atoms with Crippen molar-refractivity contribution in [3.8, 4) is 0 Å². The summed E-state index contributed by atoms with van der Waals surface area (Å²) in [5.41, 5.74) is 10.6. The van der Waals surface area contributed by atoms with E-state index in [0.717, 1.165) is 4.88 Å². The maximum absolute atomic E-state index is 11.2. The van der Waals surface area contributed by atoms with Crippen LogP contribution in [0.3, 0.4) is 0 Å². The highest BCUT2D eigenvalue weighted by atomic mass is 32.1. The Kier molecular flexibility index (Phi) is 3.88. The van der Waals surface area contributed by atoms with Gasteiger partial charge in [-0.05, 0) is 11.4 Å². The third-order valence-corrected chi connectivity index (χ3v) is 2.48. The Bertz CT molecular complexity index is 260. The van der Waals surface area contributed by atoms with Crippen molar-refractivity contribution >= 4 is 17.2 Å². The van der Waals surface area contributed by atoms with Crippen LogP contribution in [0, 0.1) is 0 Å². The summed E-state index contributed by atoms with van der Waals surface area (Å²) in [6.45, 7) is 0. The second-order valence-corrected chi connectivity index (χ2v) is 3.66. The summed E-state index contributed by atoms with van der Waals surface area (Å²) in [6, 6.07) is 3.44. The number of hydrogen-bond donors (Lipinski definition) is 3. The minimum absolute atomic E-state index is 0.184. The van der Waals surface area contributed by atoms with Crippen molar-refractivity contribution in [3.63, 3.8) is 0 Å². The van der Waals surface area contributed by atoms with Crippen molar-refractivity contribution in [2.75, 3.05) is 7.05 Å². The molecular formula is C8H13N3OS. The Labute approximate surface area is 81.1 Å². The molecule has 0 saturated heterocycles. The minimum Gasteiger partial charge on any atom is -0.320 e. The van der Waals surface area contributed by atoms with Gasteiger partial charge in [-0.2, -0.15) is 0 Å². The van der Waals surface area contributed by atoms with Gasteiger partial charge in [0.25, 0.3) is 5.91 Å². The molecule has 1 aromatic heterocycles. The van der Waals surface area contributed by atoms with Gasteiger partial charge in [-0.15, -0.1) is 11.3 Å². The number of carbonyl (C=O) groups is 1. The van der Waals surface area contributed by atoms with E-state index in [4.69, 9.17) is 5.73 Å². The van der Waals surface area contributed by atoms with Crippen molar-refractivity contribution in [2.24, 2.45) is 5.73 Å². The first-order valence-corrected chi connectivity index (χ1v) is 4.86. The average Bonchev–Trinajstić information content (AvgIpc) is 2.57. The number of thiophene rings is 1. The van der Waals surface area contributed by atoms with Crippen molar-refractivity contribution in [3.05, 3.63) is 22.4 Å². The van der Waals surface area contributed by atoms with Crippen LogP contribution in [0.15, 0.2) is 17.5 Å². The molecule has 13 heavy (non-hydrogen) atoms. The highest BCUT2D eigenvalue weighted by Crippen LogP contribution is 2.10. The normalized spacial score (nSPS) is 12.5. The molecule has 0 aliphatic carbocycles. The van der Waals surface area contributed by atoms with Crippen LogP contribution in [-0.2, 0) is 11.2 Å². The van der Waals surface area contributed by atoms with E-state index in [1.54, 1.807) is 18.4 Å². The predicted molar refractivity (Wildman–Crippen MR) is 53.2 cm³/mol. The summed E-state index contributed by atoms with van der Waals surface area (Å²) >= 11 is 1.61. The van der Waals surface area contributed by atoms with Crippen molar-refractivity contribution < 1.29 is 4.79 Å². The first-order chi connectivity index (χ1) is 6.24. The molecule has 1 unspecified atom stereocenters. The number of hydrazine groups is 1. The molecule has 0 fully saturated rings. The zero-order valence-corrected chi connectivity index (χ0v) is 8.23. The van der Waals surface area contributed by atoms with Gasteiger partial charge < -0.3 is 5.73 Å². The first-order valence-electron chi connectivity index (χ1n) is 3.98. The van der Waals surface area contributed by atoms with Gasteiger partial charge in [-0.3, -0.25) is 10.2 Å². The van der Waals surface area contributed by atoms with E-state index >= 15 is 0 Å². The molecule has 72 valence electrons. The molecule has 1 amide bonds. The molecule has 1 heterocycles. The van der Waals surface area contributed by atoms with E-state index in [1.807, 2.05) is 17.5 Å². The Hall–Kier alpha value is -0.910. The van der Waals surface area contributed by atoms with Crippen LogP contribution in [0.25, 0.3) is 0 Å². The lowest BCUT2D eigenvalue weighted by Gasteiger charge is -2.09. The third-order valence-electron chi connectivity index (χ3n) is 1.59. The lowest BCUT2D eigenvalue weighted by molar-refractivity contribution is -0.123. The van der Waals surface area contributed by atoms with Crippen LogP contribution in [0.5, 0.6) is 0 Å². The molecule has 0 saturated carbocycles. The summed E-state index contributed by atoms with van der Waals surface area (Å²) < 4.78 is 0. The molecule has 1 rings (SSSR count). The Morgan fingerprint density at radius 3 is 3.08 bits per heavy atom. The van der Waals surface area contributed by atoms with E-state index in [2.05, 4.69) is 10.9 Å². The first kappa shape index (κ1) is 10.2. The fourth-order valence-corrected chi connectivity index (χ4v) is 1.72. The molecule has 5 heteroatoms. The SMILES string of the molecule is CNNC(=O)C(N)Cc1cccs1. The van der Waals surface area contributed by atoms with Crippen LogP contribution in [0.2, 0.25) is 0 Å². The Balaban J connectivity index is 2.41. The highest BCUT2D eigenvalue weighted by Gasteiger charge is 2.13. The van der Waals surface area contributed by atoms with Gasteiger partial charge in [0.15, 0.2) is 0 Å². The zero-order chi connectivity index (χ0) is 9.68. The molecule has 4 N–H and O–H groups in total. The van der Waals surface area contributed by atoms with Gasteiger partial charge in [-0.1, -0.05) is 6.07 Å². The molecule has 0 radical (unpaired) electrons. The van der Waals surface area contributed by atoms with Gasteiger partial charge in [0.2, 0.25) is 0 Å². The third kappa shape index (κ3) is 3.14. The van der Waals surface area contributed by atoms with E-state index in [0.29, 0.717) is 6.42 Å². The van der Waals surface area contributed by atoms with E-state index in [9.17, 15) is 4.79 Å². The number of rotatable bonds is 4. The average molecular weight is 199 g/mol. The van der Waals surface area contributed by atoms with Gasteiger partial charge in [0.1, 0.15) is 0 Å². The molecule has 0 aliphatic rings. The molecule has 0 aromatic carbocycles. The Morgan fingerprint density at radius 2 is 2.54 bits per heavy atom. The van der Waals surface area contributed by atoms with Crippen LogP contribution >= 0.6 is 11.3 Å². The van der Waals surface area contributed by atoms with Crippen LogP contribution in [0.1, 0.15) is 4.88 Å². The smallest absolute Gasteiger partial charge is 0.251 e. The van der Waals surface area contributed by atoms with Gasteiger partial charge in [-0.25, -0.2) is 5.43 Å². The molecule has 4 nitrogen and oxygen atoms in total. The Morgan fingerprint density at radius 1 is 1.77 bits per heavy atom. The number of hydrogen-bond acceptors (Lipinski definition) is 4. The summed E-state index contributed by atoms with van der Waals surface area (Å²) in [6.07, 6.45) is 0.588. The van der Waals surface area contributed by atoms with Crippen molar-refractivity contribution in [2.45, 2.75) is 12.5 Å². The van der Waals surface area contributed by atoms with Crippen LogP contribution < -0.4 is 16.6 Å². The number of nitrogens with two attached hydrogens (primary N) is 1. The quantitative estimate of drug-likeness (QED) is 0.592. The monoisotopic (exact) mass is 199 g/mol. The minimum atomic E-state index is -0.480. The zero-order valence-electron chi connectivity index (χ0n) is 7.41. The summed E-state index contributed by atoms with van der Waals surface area (Å²) in [5, 5.41) is 1.97. The summed E-state index contributed by atoms with van der Waals surface area (Å²) in [5.74, 6) is -0.184. The number of carbonyl (C=O) groups excluding carboxylic acids is 1. The lowest BCUT2D eigenvalue weighted by atomic mass is 10.2. The topological polar surface area (TPSA) is 67.1 Å². The maximum Gasteiger partial charge on any atom is 0.251 e. The number of amides is 1.